The third-order valence-electron chi connectivity index (χ3n) is 3.05. The van der Waals surface area contributed by atoms with Crippen LogP contribution in [0.2, 0.25) is 0 Å². The Kier molecular flexibility index (Phi) is 4.31. The molecule has 1 amide bonds. The second-order valence-electron chi connectivity index (χ2n) is 4.61. The van der Waals surface area contributed by atoms with Crippen LogP contribution in [0.3, 0.4) is 0 Å². The van der Waals surface area contributed by atoms with E-state index in [0.29, 0.717) is 6.54 Å². The maximum Gasteiger partial charge on any atom is 0.239 e. The zero-order valence-electron chi connectivity index (χ0n) is 11.0. The van der Waals surface area contributed by atoms with Crippen molar-refractivity contribution in [3.8, 4) is 0 Å². The first kappa shape index (κ1) is 13.3. The predicted octanol–water partition coefficient (Wildman–Crippen LogP) is 2.31. The van der Waals surface area contributed by atoms with Gasteiger partial charge in [0.05, 0.1) is 0 Å². The number of nitrogens with one attached hydrogen (secondary N) is 1. The molecule has 19 heavy (non-hydrogen) atoms. The molecule has 0 aliphatic carbocycles. The molecule has 0 aromatic heterocycles. The molecule has 0 saturated carbocycles. The summed E-state index contributed by atoms with van der Waals surface area (Å²) < 4.78 is 0. The van der Waals surface area contributed by atoms with Crippen LogP contribution in [0.25, 0.3) is 0 Å². The summed E-state index contributed by atoms with van der Waals surface area (Å²) in [5.74, 6) is -0.363. The normalized spacial score (nSPS) is 12.1. The molecule has 3 nitrogen and oxygen atoms in total. The Morgan fingerprint density at radius 3 is 2.32 bits per heavy atom. The van der Waals surface area contributed by atoms with Crippen LogP contribution in [-0.4, -0.2) is 5.91 Å². The zero-order valence-corrected chi connectivity index (χ0v) is 11.0. The molecule has 0 unspecified atom stereocenters. The summed E-state index contributed by atoms with van der Waals surface area (Å²) in [5, 5.41) is 3.20. The molecule has 0 spiro atoms. The Balaban J connectivity index is 2.06. The number of benzene rings is 2. The first-order chi connectivity index (χ1) is 9.16. The van der Waals surface area contributed by atoms with E-state index in [-0.39, 0.29) is 5.91 Å². The highest BCUT2D eigenvalue weighted by Gasteiger charge is 2.16. The topological polar surface area (TPSA) is 55.1 Å². The van der Waals surface area contributed by atoms with Crippen molar-refractivity contribution in [3.05, 3.63) is 71.3 Å². The largest absolute Gasteiger partial charge is 0.368 e. The van der Waals surface area contributed by atoms with Gasteiger partial charge in [0.2, 0.25) is 5.91 Å². The van der Waals surface area contributed by atoms with Gasteiger partial charge in [0.1, 0.15) is 6.04 Å². The summed E-state index contributed by atoms with van der Waals surface area (Å²) in [4.78, 5) is 11.5. The molecule has 1 atom stereocenters. The summed E-state index contributed by atoms with van der Waals surface area (Å²) in [6, 6.07) is 17.3. The molecular weight excluding hydrogens is 236 g/mol. The fraction of sp³-hybridized carbons (Fsp3) is 0.188. The molecule has 0 heterocycles. The Hall–Kier alpha value is -2.13. The standard InChI is InChI=1S/C16H18N2O/c1-12-7-9-13(10-8-12)11-18-15(16(17)19)14-5-3-2-4-6-14/h2-10,15,18H,11H2,1H3,(H2,17,19)/t15-/m1/s1. The molecular formula is C16H18N2O. The third-order valence-corrected chi connectivity index (χ3v) is 3.05. The Bertz CT molecular complexity index is 534. The van der Waals surface area contributed by atoms with Gasteiger partial charge in [-0.25, -0.2) is 0 Å². The number of hydrogen-bond acceptors (Lipinski definition) is 2. The van der Waals surface area contributed by atoms with Gasteiger partial charge in [-0.2, -0.15) is 0 Å². The van der Waals surface area contributed by atoms with Gasteiger partial charge in [-0.15, -0.1) is 0 Å². The number of carbonyl (C=O) groups is 1. The molecule has 0 aliphatic heterocycles. The van der Waals surface area contributed by atoms with E-state index in [0.717, 1.165) is 11.1 Å². The third kappa shape index (κ3) is 3.66. The number of carbonyl (C=O) groups excluding carboxylic acids is 1. The number of rotatable bonds is 5. The lowest BCUT2D eigenvalue weighted by Gasteiger charge is -2.16. The van der Waals surface area contributed by atoms with E-state index in [2.05, 4.69) is 17.4 Å². The predicted molar refractivity (Wildman–Crippen MR) is 76.4 cm³/mol. The first-order valence-electron chi connectivity index (χ1n) is 6.30. The van der Waals surface area contributed by atoms with Crippen molar-refractivity contribution in [2.24, 2.45) is 5.73 Å². The van der Waals surface area contributed by atoms with Crippen molar-refractivity contribution in [1.82, 2.24) is 5.32 Å². The van der Waals surface area contributed by atoms with E-state index in [9.17, 15) is 4.79 Å². The average molecular weight is 254 g/mol. The van der Waals surface area contributed by atoms with Crippen LogP contribution < -0.4 is 11.1 Å². The quantitative estimate of drug-likeness (QED) is 0.860. The van der Waals surface area contributed by atoms with Crippen LogP contribution in [-0.2, 0) is 11.3 Å². The van der Waals surface area contributed by atoms with Gasteiger partial charge >= 0.3 is 0 Å². The van der Waals surface area contributed by atoms with Crippen molar-refractivity contribution in [3.63, 3.8) is 0 Å². The number of amides is 1. The van der Waals surface area contributed by atoms with Crippen molar-refractivity contribution < 1.29 is 4.79 Å². The van der Waals surface area contributed by atoms with Gasteiger partial charge in [0.25, 0.3) is 0 Å². The van der Waals surface area contributed by atoms with Crippen LogP contribution >= 0.6 is 0 Å². The highest BCUT2D eigenvalue weighted by Crippen LogP contribution is 2.13. The highest BCUT2D eigenvalue weighted by atomic mass is 16.1. The minimum atomic E-state index is -0.456. The zero-order chi connectivity index (χ0) is 13.7. The molecule has 0 bridgehead atoms. The fourth-order valence-electron chi connectivity index (χ4n) is 1.95. The van der Waals surface area contributed by atoms with E-state index in [1.807, 2.05) is 49.4 Å². The van der Waals surface area contributed by atoms with Crippen molar-refractivity contribution in [1.29, 1.82) is 0 Å². The monoisotopic (exact) mass is 254 g/mol. The number of aryl methyl sites for hydroxylation is 1. The molecule has 3 N–H and O–H groups in total. The lowest BCUT2D eigenvalue weighted by molar-refractivity contribution is -0.120. The summed E-state index contributed by atoms with van der Waals surface area (Å²) in [7, 11) is 0. The Morgan fingerprint density at radius 1 is 1.11 bits per heavy atom. The molecule has 0 radical (unpaired) electrons. The Labute approximate surface area is 113 Å². The van der Waals surface area contributed by atoms with E-state index in [1.54, 1.807) is 0 Å². The van der Waals surface area contributed by atoms with Crippen LogP contribution in [0, 0.1) is 6.92 Å². The Morgan fingerprint density at radius 2 is 1.74 bits per heavy atom. The molecule has 2 aromatic carbocycles. The van der Waals surface area contributed by atoms with Crippen LogP contribution in [0.1, 0.15) is 22.7 Å². The van der Waals surface area contributed by atoms with Crippen molar-refractivity contribution >= 4 is 5.91 Å². The van der Waals surface area contributed by atoms with Crippen LogP contribution in [0.15, 0.2) is 54.6 Å². The molecule has 2 rings (SSSR count). The van der Waals surface area contributed by atoms with Gasteiger partial charge in [-0.1, -0.05) is 60.2 Å². The second kappa shape index (κ2) is 6.16. The molecule has 0 saturated heterocycles. The SMILES string of the molecule is Cc1ccc(CN[C@@H](C(N)=O)c2ccccc2)cc1. The van der Waals surface area contributed by atoms with E-state index in [1.165, 1.54) is 5.56 Å². The minimum Gasteiger partial charge on any atom is -0.368 e. The highest BCUT2D eigenvalue weighted by molar-refractivity contribution is 5.81. The minimum absolute atomic E-state index is 0.363. The summed E-state index contributed by atoms with van der Waals surface area (Å²) in [5.41, 5.74) is 8.70. The van der Waals surface area contributed by atoms with E-state index < -0.39 is 6.04 Å². The van der Waals surface area contributed by atoms with Crippen molar-refractivity contribution in [2.75, 3.05) is 0 Å². The lowest BCUT2D eigenvalue weighted by Crippen LogP contribution is -2.33. The average Bonchev–Trinajstić information content (AvgIpc) is 2.42. The van der Waals surface area contributed by atoms with Crippen LogP contribution in [0.5, 0.6) is 0 Å². The van der Waals surface area contributed by atoms with E-state index in [4.69, 9.17) is 5.73 Å². The fourth-order valence-corrected chi connectivity index (χ4v) is 1.95. The van der Waals surface area contributed by atoms with Gasteiger partial charge in [0.15, 0.2) is 0 Å². The maximum absolute atomic E-state index is 11.5. The van der Waals surface area contributed by atoms with E-state index >= 15 is 0 Å². The molecule has 3 heteroatoms. The number of hydrogen-bond donors (Lipinski definition) is 2. The number of nitrogens with two attached hydrogens (primary N) is 1. The summed E-state index contributed by atoms with van der Waals surface area (Å²) >= 11 is 0. The van der Waals surface area contributed by atoms with Crippen molar-refractivity contribution in [2.45, 2.75) is 19.5 Å². The lowest BCUT2D eigenvalue weighted by atomic mass is 10.1. The summed E-state index contributed by atoms with van der Waals surface area (Å²) in [6.45, 7) is 2.66. The summed E-state index contributed by atoms with van der Waals surface area (Å²) in [6.07, 6.45) is 0. The van der Waals surface area contributed by atoms with Gasteiger partial charge in [-0.3, -0.25) is 10.1 Å². The molecule has 0 aliphatic rings. The second-order valence-corrected chi connectivity index (χ2v) is 4.61. The maximum atomic E-state index is 11.5. The van der Waals surface area contributed by atoms with Gasteiger partial charge in [-0.05, 0) is 18.1 Å². The first-order valence-corrected chi connectivity index (χ1v) is 6.30. The smallest absolute Gasteiger partial charge is 0.239 e. The number of primary amides is 1. The van der Waals surface area contributed by atoms with Gasteiger partial charge < -0.3 is 5.73 Å². The molecule has 2 aromatic rings. The van der Waals surface area contributed by atoms with Gasteiger partial charge in [0, 0.05) is 6.54 Å². The van der Waals surface area contributed by atoms with Crippen LogP contribution in [0.4, 0.5) is 0 Å². The molecule has 98 valence electrons. The molecule has 0 fully saturated rings.